The molecule has 13 heavy (non-hydrogen) atoms. The molecule has 0 aliphatic rings. The van der Waals surface area contributed by atoms with E-state index in [2.05, 4.69) is 6.58 Å². The number of hydrogen-bond donors (Lipinski definition) is 0. The number of rotatable bonds is 4. The van der Waals surface area contributed by atoms with Gasteiger partial charge in [-0.3, -0.25) is 4.57 Å². The molecule has 0 N–H and O–H groups in total. The van der Waals surface area contributed by atoms with Gasteiger partial charge in [0.15, 0.2) is 0 Å². The number of hydrogen-bond acceptors (Lipinski definition) is 2. The van der Waals surface area contributed by atoms with Crippen LogP contribution in [-0.4, -0.2) is 0 Å². The molecule has 1 unspecified atom stereocenters. The van der Waals surface area contributed by atoms with E-state index in [-0.39, 0.29) is 0 Å². The van der Waals surface area contributed by atoms with Crippen molar-refractivity contribution in [3.05, 3.63) is 42.0 Å². The summed E-state index contributed by atoms with van der Waals surface area (Å²) in [5, 5.41) is 0. The molecule has 0 saturated carbocycles. The maximum atomic E-state index is 10.4. The second-order valence-electron chi connectivity index (χ2n) is 2.96. The Morgan fingerprint density at radius 2 is 2.23 bits per heavy atom. The van der Waals surface area contributed by atoms with E-state index in [1.54, 1.807) is 0 Å². The van der Waals surface area contributed by atoms with Gasteiger partial charge in [0.25, 0.3) is 0 Å². The van der Waals surface area contributed by atoms with Crippen molar-refractivity contribution in [1.29, 1.82) is 0 Å². The van der Waals surface area contributed by atoms with Gasteiger partial charge in [-0.15, -0.1) is 0 Å². The molecule has 0 bridgehead atoms. The summed E-state index contributed by atoms with van der Waals surface area (Å²) in [7, 11) is -1.19. The molecule has 0 saturated heterocycles. The highest BCUT2D eigenvalue weighted by atomic mass is 31.1. The van der Waals surface area contributed by atoms with Crippen LogP contribution in [0.15, 0.2) is 36.4 Å². The molecular weight excluding hydrogens is 183 g/mol. The van der Waals surface area contributed by atoms with E-state index in [1.165, 1.54) is 0 Å². The Kier molecular flexibility index (Phi) is 3.78. The summed E-state index contributed by atoms with van der Waals surface area (Å²) in [6, 6.07) is 7.58. The van der Waals surface area contributed by atoms with Crippen LogP contribution in [-0.2, 0) is 11.0 Å². The van der Waals surface area contributed by atoms with Crippen LogP contribution < -0.4 is 4.52 Å². The molecule has 0 aromatic heterocycles. The zero-order chi connectivity index (χ0) is 9.68. The molecule has 0 heterocycles. The third-order valence-corrected chi connectivity index (χ3v) is 1.99. The Labute approximate surface area is 79.5 Å². The van der Waals surface area contributed by atoms with Crippen molar-refractivity contribution >= 4 is 8.69 Å². The van der Waals surface area contributed by atoms with Gasteiger partial charge in [0.1, 0.15) is 5.75 Å². The minimum absolute atomic E-state index is 0.704. The molecule has 0 spiro atoms. The lowest BCUT2D eigenvalue weighted by molar-refractivity contribution is 0.522. The van der Waals surface area contributed by atoms with Crippen LogP contribution in [0.5, 0.6) is 5.75 Å². The fourth-order valence-corrected chi connectivity index (χ4v) is 1.48. The predicted octanol–water partition coefficient (Wildman–Crippen LogP) is 2.86. The van der Waals surface area contributed by atoms with Gasteiger partial charge in [0.05, 0.1) is 0 Å². The van der Waals surface area contributed by atoms with Crippen LogP contribution in [0.2, 0.25) is 0 Å². The molecule has 2 nitrogen and oxygen atoms in total. The Morgan fingerprint density at radius 3 is 2.85 bits per heavy atom. The maximum absolute atomic E-state index is 10.4. The molecule has 0 radical (unpaired) electrons. The van der Waals surface area contributed by atoms with Gasteiger partial charge in [-0.1, -0.05) is 30.4 Å². The Bertz CT molecular complexity index is 320. The van der Waals surface area contributed by atoms with Crippen LogP contribution in [0.3, 0.4) is 0 Å². The standard InChI is InChI=1S/C10H13O2P/c1-8(2)7-9-5-3-4-6-10(9)12-13-11/h3-6H,1,7,13H2,2H3. The van der Waals surface area contributed by atoms with E-state index in [0.717, 1.165) is 17.6 Å². The van der Waals surface area contributed by atoms with Gasteiger partial charge in [-0.2, -0.15) is 0 Å². The normalized spacial score (nSPS) is 10.5. The quantitative estimate of drug-likeness (QED) is 0.546. The largest absolute Gasteiger partial charge is 0.447 e. The minimum Gasteiger partial charge on any atom is -0.447 e. The Balaban J connectivity index is 2.90. The number of benzene rings is 1. The molecule has 1 aromatic carbocycles. The van der Waals surface area contributed by atoms with E-state index >= 15 is 0 Å². The summed E-state index contributed by atoms with van der Waals surface area (Å²) in [6.45, 7) is 5.78. The van der Waals surface area contributed by atoms with Gasteiger partial charge >= 0.3 is 0 Å². The van der Waals surface area contributed by atoms with Gasteiger partial charge < -0.3 is 4.52 Å². The van der Waals surface area contributed by atoms with Crippen LogP contribution in [0.4, 0.5) is 0 Å². The molecule has 1 atom stereocenters. The fraction of sp³-hybridized carbons (Fsp3) is 0.200. The molecule has 1 aromatic rings. The first-order valence-corrected chi connectivity index (χ1v) is 5.01. The smallest absolute Gasteiger partial charge is 0.225 e. The maximum Gasteiger partial charge on any atom is 0.225 e. The highest BCUT2D eigenvalue weighted by Gasteiger charge is 2.01. The Hall–Kier alpha value is -1.01. The zero-order valence-electron chi connectivity index (χ0n) is 7.62. The first kappa shape index (κ1) is 10.1. The fourth-order valence-electron chi connectivity index (χ4n) is 1.14. The zero-order valence-corrected chi connectivity index (χ0v) is 8.77. The van der Waals surface area contributed by atoms with Crippen molar-refractivity contribution < 1.29 is 9.09 Å². The summed E-state index contributed by atoms with van der Waals surface area (Å²) >= 11 is 0. The number of para-hydroxylation sites is 1. The highest BCUT2D eigenvalue weighted by Crippen LogP contribution is 2.23. The monoisotopic (exact) mass is 196 g/mol. The lowest BCUT2D eigenvalue weighted by atomic mass is 10.1. The second kappa shape index (κ2) is 4.88. The van der Waals surface area contributed by atoms with Crippen molar-refractivity contribution in [1.82, 2.24) is 0 Å². The summed E-state index contributed by atoms with van der Waals surface area (Å²) in [5.41, 5.74) is 2.11. The van der Waals surface area contributed by atoms with Crippen LogP contribution in [0.1, 0.15) is 12.5 Å². The molecular formula is C10H13O2P. The van der Waals surface area contributed by atoms with Crippen molar-refractivity contribution in [2.75, 3.05) is 0 Å². The van der Waals surface area contributed by atoms with Crippen molar-refractivity contribution in [3.63, 3.8) is 0 Å². The van der Waals surface area contributed by atoms with Gasteiger partial charge in [0.2, 0.25) is 8.69 Å². The average Bonchev–Trinajstić information content (AvgIpc) is 2.08. The SMILES string of the molecule is C=C(C)Cc1ccccc1O[PH2]=O. The molecule has 0 fully saturated rings. The molecule has 0 aliphatic heterocycles. The first-order valence-electron chi connectivity index (χ1n) is 4.06. The first-order chi connectivity index (χ1) is 6.24. The van der Waals surface area contributed by atoms with Gasteiger partial charge in [-0.25, -0.2) is 0 Å². The van der Waals surface area contributed by atoms with Gasteiger partial charge in [-0.05, 0) is 25.0 Å². The topological polar surface area (TPSA) is 26.3 Å². The molecule has 1 rings (SSSR count). The van der Waals surface area contributed by atoms with E-state index in [4.69, 9.17) is 4.52 Å². The number of allylic oxidation sites excluding steroid dienone is 1. The van der Waals surface area contributed by atoms with Crippen LogP contribution in [0.25, 0.3) is 0 Å². The lowest BCUT2D eigenvalue weighted by Gasteiger charge is -2.06. The van der Waals surface area contributed by atoms with Crippen LogP contribution in [0, 0.1) is 0 Å². The second-order valence-corrected chi connectivity index (χ2v) is 3.38. The van der Waals surface area contributed by atoms with Crippen LogP contribution >= 0.6 is 8.69 Å². The molecule has 3 heteroatoms. The lowest BCUT2D eigenvalue weighted by Crippen LogP contribution is -1.88. The van der Waals surface area contributed by atoms with Crippen molar-refractivity contribution in [3.8, 4) is 5.75 Å². The minimum atomic E-state index is -1.19. The van der Waals surface area contributed by atoms with Gasteiger partial charge in [0, 0.05) is 0 Å². The van der Waals surface area contributed by atoms with E-state index in [0.29, 0.717) is 5.75 Å². The summed E-state index contributed by atoms with van der Waals surface area (Å²) in [4.78, 5) is 0. The average molecular weight is 196 g/mol. The van der Waals surface area contributed by atoms with Crippen molar-refractivity contribution in [2.45, 2.75) is 13.3 Å². The van der Waals surface area contributed by atoms with E-state index in [1.807, 2.05) is 31.2 Å². The molecule has 70 valence electrons. The van der Waals surface area contributed by atoms with E-state index < -0.39 is 8.69 Å². The van der Waals surface area contributed by atoms with E-state index in [9.17, 15) is 4.57 Å². The third-order valence-electron chi connectivity index (χ3n) is 1.64. The summed E-state index contributed by atoms with van der Waals surface area (Å²) < 4.78 is 15.4. The third kappa shape index (κ3) is 3.08. The Morgan fingerprint density at radius 1 is 1.54 bits per heavy atom. The molecule has 0 amide bonds. The summed E-state index contributed by atoms with van der Waals surface area (Å²) in [5.74, 6) is 0.704. The van der Waals surface area contributed by atoms with Crippen molar-refractivity contribution in [2.24, 2.45) is 0 Å². The predicted molar refractivity (Wildman–Crippen MR) is 56.0 cm³/mol. The molecule has 0 aliphatic carbocycles. The highest BCUT2D eigenvalue weighted by molar-refractivity contribution is 7.17. The summed E-state index contributed by atoms with van der Waals surface area (Å²) in [6.07, 6.45) is 0.773.